The third-order valence-corrected chi connectivity index (χ3v) is 10.4. The van der Waals surface area contributed by atoms with Gasteiger partial charge in [0.1, 0.15) is 5.58 Å². The maximum absolute atomic E-state index is 13.8. The van der Waals surface area contributed by atoms with Crippen molar-refractivity contribution in [2.24, 2.45) is 0 Å². The van der Waals surface area contributed by atoms with E-state index in [-0.39, 0.29) is 37.5 Å². The fraction of sp³-hybridized carbons (Fsp3) is 0.140. The van der Waals surface area contributed by atoms with Crippen molar-refractivity contribution in [3.05, 3.63) is 168 Å². The molecule has 0 amide bonds. The minimum Gasteiger partial charge on any atom is -0.500 e. The molecule has 1 radical (unpaired) electrons. The summed E-state index contributed by atoms with van der Waals surface area (Å²) in [6.45, 7) is 8.65. The number of para-hydroxylation sites is 3. The summed E-state index contributed by atoms with van der Waals surface area (Å²) in [7, 11) is 0. The first-order valence-electron chi connectivity index (χ1n) is 19.4. The van der Waals surface area contributed by atoms with Gasteiger partial charge in [0.05, 0.1) is 33.6 Å². The molecule has 0 aliphatic heterocycles. The molecule has 0 fully saturated rings. The largest absolute Gasteiger partial charge is 0.500 e. The number of pyridine rings is 1. The van der Waals surface area contributed by atoms with Gasteiger partial charge in [0.15, 0.2) is 0 Å². The summed E-state index contributed by atoms with van der Waals surface area (Å²) in [4.78, 5) is 14.2. The average molecular weight is 975 g/mol. The SMILES string of the molecule is CC(C)c1cccc(C(C)C)c1-n1c(-c2[c-]c3oc(-c4ccccc4)nc3c3c2oc2cc(C(F)(F)F)ccc23)nc2ccccc21.[Ir].[c-]1ccccc1-c1ccccn1. The van der Waals surface area contributed by atoms with Gasteiger partial charge in [-0.1, -0.05) is 106 Å². The monoisotopic (exact) mass is 975 g/mol. The topological polar surface area (TPSA) is 69.9 Å². The fourth-order valence-electron chi connectivity index (χ4n) is 7.56. The van der Waals surface area contributed by atoms with Gasteiger partial charge in [0, 0.05) is 48.5 Å². The van der Waals surface area contributed by atoms with Crippen molar-refractivity contribution in [3.8, 4) is 39.8 Å². The van der Waals surface area contributed by atoms with E-state index < -0.39 is 11.7 Å². The van der Waals surface area contributed by atoms with E-state index in [0.717, 1.165) is 56.8 Å². The average Bonchev–Trinajstić information content (AvgIpc) is 3.97. The number of oxazole rings is 1. The third kappa shape index (κ3) is 7.42. The molecule has 0 atom stereocenters. The molecule has 0 saturated carbocycles. The predicted octanol–water partition coefficient (Wildman–Crippen LogP) is 14.0. The Labute approximate surface area is 358 Å². The standard InChI is InChI=1S/C39H29F3N3O2.C11H8N.Ir/c1-21(2)25-13-10-14-26(22(3)4)35(25)45-30-16-9-8-15-29(30)43-37(45)28-20-32-34(44-38(47-32)23-11-6-5-7-12-23)33-27-18-17-24(39(40,41)42)19-31(27)46-36(28)33;1-2-6-10(7-3-1)11-8-4-5-9-12-11;/h5-19,21-22H,1-4H3;1-6,8-9H;/q2*-1;. The Bertz CT molecular complexity index is 3040. The molecule has 301 valence electrons. The quantitative estimate of drug-likeness (QED) is 0.155. The van der Waals surface area contributed by atoms with Crippen molar-refractivity contribution in [1.29, 1.82) is 0 Å². The van der Waals surface area contributed by atoms with Gasteiger partial charge in [-0.2, -0.15) is 13.2 Å². The summed E-state index contributed by atoms with van der Waals surface area (Å²) >= 11 is 0. The molecule has 4 heterocycles. The van der Waals surface area contributed by atoms with Gasteiger partial charge in [-0.05, 0) is 76.5 Å². The first kappa shape index (κ1) is 40.4. The molecule has 10 rings (SSSR count). The molecule has 0 spiro atoms. The first-order valence-corrected chi connectivity index (χ1v) is 19.4. The van der Waals surface area contributed by atoms with E-state index in [1.54, 1.807) is 6.20 Å². The summed E-state index contributed by atoms with van der Waals surface area (Å²) in [5.74, 6) is 1.30. The van der Waals surface area contributed by atoms with Crippen molar-refractivity contribution >= 4 is 44.1 Å². The van der Waals surface area contributed by atoms with E-state index in [1.165, 1.54) is 6.07 Å². The molecule has 0 N–H and O–H groups in total. The Balaban J connectivity index is 0.000000329. The van der Waals surface area contributed by atoms with Crippen LogP contribution in [0.5, 0.6) is 0 Å². The van der Waals surface area contributed by atoms with Crippen LogP contribution in [0.4, 0.5) is 13.2 Å². The molecular formula is C50H37F3IrN4O2-2. The molecule has 10 heteroatoms. The minimum atomic E-state index is -4.53. The van der Waals surface area contributed by atoms with Crippen LogP contribution < -0.4 is 0 Å². The zero-order valence-electron chi connectivity index (χ0n) is 33.0. The summed E-state index contributed by atoms with van der Waals surface area (Å²) in [5.41, 5.74) is 8.63. The van der Waals surface area contributed by atoms with Crippen LogP contribution in [0.2, 0.25) is 0 Å². The number of fused-ring (bicyclic) bond motifs is 6. The van der Waals surface area contributed by atoms with Gasteiger partial charge in [-0.25, -0.2) is 0 Å². The van der Waals surface area contributed by atoms with Crippen LogP contribution in [0.15, 0.2) is 148 Å². The Hall–Kier alpha value is -6.35. The molecule has 0 saturated heterocycles. The molecule has 0 bridgehead atoms. The number of furan rings is 1. The minimum absolute atomic E-state index is 0. The second-order valence-corrected chi connectivity index (χ2v) is 14.9. The van der Waals surface area contributed by atoms with Crippen LogP contribution in [0.3, 0.4) is 0 Å². The fourth-order valence-corrected chi connectivity index (χ4v) is 7.56. The Morgan fingerprint density at radius 2 is 1.43 bits per heavy atom. The first-order chi connectivity index (χ1) is 28.6. The molecule has 6 nitrogen and oxygen atoms in total. The maximum Gasteiger partial charge on any atom is 0.416 e. The molecule has 60 heavy (non-hydrogen) atoms. The van der Waals surface area contributed by atoms with Crippen molar-refractivity contribution < 1.29 is 42.1 Å². The van der Waals surface area contributed by atoms with E-state index in [0.29, 0.717) is 44.7 Å². The van der Waals surface area contributed by atoms with Gasteiger partial charge in [-0.15, -0.1) is 35.9 Å². The van der Waals surface area contributed by atoms with Crippen LogP contribution in [0, 0.1) is 12.1 Å². The number of nitrogens with zero attached hydrogens (tertiary/aromatic N) is 4. The number of hydrogen-bond acceptors (Lipinski definition) is 5. The van der Waals surface area contributed by atoms with Gasteiger partial charge in [0.25, 0.3) is 0 Å². The van der Waals surface area contributed by atoms with E-state index in [1.807, 2.05) is 97.1 Å². The van der Waals surface area contributed by atoms with E-state index in [9.17, 15) is 13.2 Å². The number of imidazole rings is 1. The van der Waals surface area contributed by atoms with Crippen LogP contribution in [-0.2, 0) is 26.3 Å². The summed E-state index contributed by atoms with van der Waals surface area (Å²) in [6.07, 6.45) is -2.75. The zero-order valence-corrected chi connectivity index (χ0v) is 35.4. The van der Waals surface area contributed by atoms with Crippen molar-refractivity contribution in [2.45, 2.75) is 45.7 Å². The second kappa shape index (κ2) is 16.4. The van der Waals surface area contributed by atoms with Gasteiger partial charge in [-0.3, -0.25) is 9.97 Å². The summed E-state index contributed by atoms with van der Waals surface area (Å²) in [5, 5.41) is 1.04. The maximum atomic E-state index is 13.8. The number of alkyl halides is 3. The van der Waals surface area contributed by atoms with Crippen LogP contribution in [0.25, 0.3) is 83.9 Å². The van der Waals surface area contributed by atoms with E-state index in [2.05, 4.69) is 67.6 Å². The zero-order chi connectivity index (χ0) is 40.8. The Morgan fingerprint density at radius 1 is 0.717 bits per heavy atom. The number of aromatic nitrogens is 4. The normalized spacial score (nSPS) is 11.8. The molecular weight excluding hydrogens is 938 g/mol. The van der Waals surface area contributed by atoms with E-state index >= 15 is 0 Å². The van der Waals surface area contributed by atoms with Crippen molar-refractivity contribution in [2.75, 3.05) is 0 Å². The number of rotatable bonds is 6. The summed E-state index contributed by atoms with van der Waals surface area (Å²) in [6, 6.07) is 47.5. The molecule has 10 aromatic rings. The Morgan fingerprint density at radius 3 is 2.12 bits per heavy atom. The van der Waals surface area contributed by atoms with Crippen molar-refractivity contribution in [3.63, 3.8) is 0 Å². The van der Waals surface area contributed by atoms with Crippen LogP contribution in [0.1, 0.15) is 56.2 Å². The molecule has 0 unspecified atom stereocenters. The second-order valence-electron chi connectivity index (χ2n) is 14.9. The number of hydrogen-bond donors (Lipinski definition) is 0. The Kier molecular flexibility index (Phi) is 11.0. The van der Waals surface area contributed by atoms with Gasteiger partial charge in [0.2, 0.25) is 5.89 Å². The van der Waals surface area contributed by atoms with Crippen LogP contribution >= 0.6 is 0 Å². The van der Waals surface area contributed by atoms with Crippen LogP contribution in [-0.4, -0.2) is 19.5 Å². The molecule has 0 aliphatic carbocycles. The van der Waals surface area contributed by atoms with Gasteiger partial charge >= 0.3 is 6.18 Å². The van der Waals surface area contributed by atoms with Crippen molar-refractivity contribution in [1.82, 2.24) is 19.5 Å². The van der Waals surface area contributed by atoms with E-state index in [4.69, 9.17) is 18.8 Å². The van der Waals surface area contributed by atoms with Gasteiger partial charge < -0.3 is 18.4 Å². The number of halogens is 3. The molecule has 6 aromatic carbocycles. The molecule has 4 aromatic heterocycles. The molecule has 0 aliphatic rings. The smallest absolute Gasteiger partial charge is 0.416 e. The predicted molar refractivity (Wildman–Crippen MR) is 227 cm³/mol. The third-order valence-electron chi connectivity index (χ3n) is 10.4. The number of benzene rings is 6. The summed E-state index contributed by atoms with van der Waals surface area (Å²) < 4.78 is 56.4.